The first-order valence-corrected chi connectivity index (χ1v) is 9.37. The summed E-state index contributed by atoms with van der Waals surface area (Å²) in [5, 5.41) is 0. The molecule has 1 aromatic rings. The molecule has 0 radical (unpaired) electrons. The third kappa shape index (κ3) is 3.33. The van der Waals surface area contributed by atoms with Crippen molar-refractivity contribution in [3.05, 3.63) is 35.9 Å². The SMILES string of the molecule is CC1(C)O[C@H]2[C@@H]3OS(=O)(=O)O[C@@H]3CO[C@@]2(COCc2ccccc2)O1. The van der Waals surface area contributed by atoms with Crippen LogP contribution in [0.25, 0.3) is 0 Å². The van der Waals surface area contributed by atoms with Gasteiger partial charge in [0.1, 0.15) is 24.9 Å². The predicted molar refractivity (Wildman–Crippen MR) is 83.5 cm³/mol. The van der Waals surface area contributed by atoms with E-state index in [2.05, 4.69) is 0 Å². The molecule has 0 unspecified atom stereocenters. The van der Waals surface area contributed by atoms with Crippen LogP contribution >= 0.6 is 0 Å². The summed E-state index contributed by atoms with van der Waals surface area (Å²) in [7, 11) is -4.05. The van der Waals surface area contributed by atoms with Crippen molar-refractivity contribution in [3.63, 3.8) is 0 Å². The number of fused-ring (bicyclic) bond motifs is 3. The summed E-state index contributed by atoms with van der Waals surface area (Å²) in [5.41, 5.74) is 1.00. The summed E-state index contributed by atoms with van der Waals surface area (Å²) < 4.78 is 56.6. The van der Waals surface area contributed by atoms with E-state index in [0.29, 0.717) is 6.61 Å². The normalized spacial score (nSPS) is 38.2. The maximum absolute atomic E-state index is 11.6. The molecule has 0 saturated carbocycles. The Morgan fingerprint density at radius 1 is 1.20 bits per heavy atom. The molecule has 0 aliphatic carbocycles. The summed E-state index contributed by atoms with van der Waals surface area (Å²) in [4.78, 5) is 0. The van der Waals surface area contributed by atoms with Gasteiger partial charge in [0.15, 0.2) is 5.79 Å². The largest absolute Gasteiger partial charge is 0.400 e. The van der Waals surface area contributed by atoms with Crippen LogP contribution < -0.4 is 0 Å². The Hall–Kier alpha value is -1.07. The van der Waals surface area contributed by atoms with E-state index < -0.39 is 40.3 Å². The highest BCUT2D eigenvalue weighted by Gasteiger charge is 2.65. The zero-order valence-corrected chi connectivity index (χ0v) is 14.7. The fourth-order valence-corrected chi connectivity index (χ4v) is 4.39. The van der Waals surface area contributed by atoms with Crippen LogP contribution in [0.1, 0.15) is 19.4 Å². The molecule has 138 valence electrons. The Bertz CT molecular complexity index is 734. The fraction of sp³-hybridized carbons (Fsp3) is 0.625. The van der Waals surface area contributed by atoms with Crippen LogP contribution in [0.4, 0.5) is 0 Å². The summed E-state index contributed by atoms with van der Waals surface area (Å²) >= 11 is 0. The number of rotatable bonds is 4. The highest BCUT2D eigenvalue weighted by Crippen LogP contribution is 2.46. The van der Waals surface area contributed by atoms with E-state index in [9.17, 15) is 8.42 Å². The standard InChI is InChI=1S/C16H20O8S/c1-15(2)21-14-13-12(22-25(17,18)23-13)9-20-16(14,24-15)10-19-8-11-6-4-3-5-7-11/h3-7,12-14H,8-10H2,1-2H3/t12-,13-,14+,16+/m1/s1. The zero-order valence-electron chi connectivity index (χ0n) is 13.9. The molecule has 25 heavy (non-hydrogen) atoms. The van der Waals surface area contributed by atoms with Gasteiger partial charge in [-0.2, -0.15) is 8.42 Å². The van der Waals surface area contributed by atoms with Gasteiger partial charge in [-0.15, -0.1) is 0 Å². The topological polar surface area (TPSA) is 89.5 Å². The second-order valence-corrected chi connectivity index (χ2v) is 7.95. The fourth-order valence-electron chi connectivity index (χ4n) is 3.38. The highest BCUT2D eigenvalue weighted by molar-refractivity contribution is 7.82. The molecule has 8 nitrogen and oxygen atoms in total. The molecule has 0 bridgehead atoms. The van der Waals surface area contributed by atoms with E-state index in [1.807, 2.05) is 30.3 Å². The molecular weight excluding hydrogens is 352 g/mol. The molecule has 3 saturated heterocycles. The van der Waals surface area contributed by atoms with Crippen molar-refractivity contribution in [3.8, 4) is 0 Å². The minimum atomic E-state index is -4.05. The molecule has 3 aliphatic heterocycles. The first-order chi connectivity index (χ1) is 11.8. The highest BCUT2D eigenvalue weighted by atomic mass is 32.3. The lowest BCUT2D eigenvalue weighted by atomic mass is 9.97. The lowest BCUT2D eigenvalue weighted by molar-refractivity contribution is -0.300. The van der Waals surface area contributed by atoms with Gasteiger partial charge in [0.05, 0.1) is 13.2 Å². The first-order valence-electron chi connectivity index (χ1n) is 8.04. The van der Waals surface area contributed by atoms with E-state index in [1.165, 1.54) is 0 Å². The molecule has 0 spiro atoms. The molecule has 4 rings (SSSR count). The van der Waals surface area contributed by atoms with Gasteiger partial charge in [-0.1, -0.05) is 30.3 Å². The Labute approximate surface area is 146 Å². The molecule has 4 atom stereocenters. The van der Waals surface area contributed by atoms with Crippen molar-refractivity contribution in [1.29, 1.82) is 0 Å². The smallest absolute Gasteiger partial charge is 0.371 e. The summed E-state index contributed by atoms with van der Waals surface area (Å²) in [6.07, 6.45) is -2.37. The van der Waals surface area contributed by atoms with Crippen LogP contribution in [0.3, 0.4) is 0 Å². The lowest BCUT2D eigenvalue weighted by Gasteiger charge is -2.39. The van der Waals surface area contributed by atoms with Crippen LogP contribution in [0.2, 0.25) is 0 Å². The number of hydrogen-bond acceptors (Lipinski definition) is 8. The second kappa shape index (κ2) is 5.98. The quantitative estimate of drug-likeness (QED) is 0.777. The van der Waals surface area contributed by atoms with Gasteiger partial charge in [-0.3, -0.25) is 0 Å². The number of ether oxygens (including phenoxy) is 4. The van der Waals surface area contributed by atoms with Crippen LogP contribution in [0, 0.1) is 0 Å². The van der Waals surface area contributed by atoms with E-state index in [1.54, 1.807) is 13.8 Å². The molecule has 3 aliphatic rings. The molecular formula is C16H20O8S. The third-order valence-electron chi connectivity index (χ3n) is 4.30. The van der Waals surface area contributed by atoms with Crippen molar-refractivity contribution >= 4 is 10.4 Å². The first kappa shape index (κ1) is 17.3. The third-order valence-corrected chi connectivity index (χ3v) is 5.25. The van der Waals surface area contributed by atoms with Crippen molar-refractivity contribution in [1.82, 2.24) is 0 Å². The minimum absolute atomic E-state index is 0.00847. The van der Waals surface area contributed by atoms with Crippen molar-refractivity contribution in [2.24, 2.45) is 0 Å². The van der Waals surface area contributed by atoms with Crippen molar-refractivity contribution in [2.75, 3.05) is 13.2 Å². The monoisotopic (exact) mass is 372 g/mol. The van der Waals surface area contributed by atoms with E-state index >= 15 is 0 Å². The molecule has 3 heterocycles. The molecule has 3 fully saturated rings. The Kier molecular flexibility index (Phi) is 4.15. The maximum atomic E-state index is 11.6. The van der Waals surface area contributed by atoms with Gasteiger partial charge < -0.3 is 18.9 Å². The Morgan fingerprint density at radius 3 is 2.72 bits per heavy atom. The number of hydrogen-bond donors (Lipinski definition) is 0. The average Bonchev–Trinajstić information content (AvgIpc) is 3.00. The molecule has 1 aromatic carbocycles. The molecule has 0 N–H and O–H groups in total. The van der Waals surface area contributed by atoms with Crippen LogP contribution in [0.5, 0.6) is 0 Å². The van der Waals surface area contributed by atoms with E-state index in [-0.39, 0.29) is 13.2 Å². The minimum Gasteiger partial charge on any atom is -0.371 e. The number of benzene rings is 1. The van der Waals surface area contributed by atoms with Gasteiger partial charge in [-0.25, -0.2) is 8.37 Å². The van der Waals surface area contributed by atoms with E-state index in [4.69, 9.17) is 27.3 Å². The summed E-state index contributed by atoms with van der Waals surface area (Å²) in [6.45, 7) is 3.91. The molecule has 0 amide bonds. The van der Waals surface area contributed by atoms with Crippen LogP contribution in [0.15, 0.2) is 30.3 Å². The summed E-state index contributed by atoms with van der Waals surface area (Å²) in [6, 6.07) is 9.67. The molecule has 9 heteroatoms. The Morgan fingerprint density at radius 2 is 1.96 bits per heavy atom. The Balaban J connectivity index is 1.51. The van der Waals surface area contributed by atoms with E-state index in [0.717, 1.165) is 5.56 Å². The van der Waals surface area contributed by atoms with Gasteiger partial charge >= 0.3 is 10.4 Å². The van der Waals surface area contributed by atoms with Crippen LogP contribution in [-0.2, 0) is 44.3 Å². The average molecular weight is 372 g/mol. The maximum Gasteiger partial charge on any atom is 0.400 e. The second-order valence-electron chi connectivity index (χ2n) is 6.75. The predicted octanol–water partition coefficient (Wildman–Crippen LogP) is 1.11. The van der Waals surface area contributed by atoms with Crippen molar-refractivity contribution < 1.29 is 35.7 Å². The summed E-state index contributed by atoms with van der Waals surface area (Å²) in [5.74, 6) is -2.21. The van der Waals surface area contributed by atoms with Crippen LogP contribution in [-0.4, -0.2) is 51.5 Å². The van der Waals surface area contributed by atoms with Gasteiger partial charge in [0.25, 0.3) is 0 Å². The zero-order chi connectivity index (χ0) is 17.7. The van der Waals surface area contributed by atoms with Gasteiger partial charge in [-0.05, 0) is 19.4 Å². The lowest BCUT2D eigenvalue weighted by Crippen LogP contribution is -2.60. The molecule has 0 aromatic heterocycles. The van der Waals surface area contributed by atoms with Crippen molar-refractivity contribution in [2.45, 2.75) is 50.3 Å². The van der Waals surface area contributed by atoms with Gasteiger partial charge in [0.2, 0.25) is 5.79 Å². The van der Waals surface area contributed by atoms with Gasteiger partial charge in [0, 0.05) is 0 Å².